The first kappa shape index (κ1) is 16.9. The fraction of sp³-hybridized carbons (Fsp3) is 0.312. The molecule has 0 atom stereocenters. The Bertz CT molecular complexity index is 624. The highest BCUT2D eigenvalue weighted by atomic mass is 16.7. The van der Waals surface area contributed by atoms with Crippen molar-refractivity contribution in [3.8, 4) is 5.75 Å². The maximum Gasteiger partial charge on any atom is 0.269 e. The number of methoxy groups -OCH3 is 2. The van der Waals surface area contributed by atoms with Gasteiger partial charge in [0.15, 0.2) is 6.29 Å². The third kappa shape index (κ3) is 4.73. The number of benzene rings is 1. The molecule has 0 N–H and O–H groups in total. The Morgan fingerprint density at radius 1 is 1.13 bits per heavy atom. The summed E-state index contributed by atoms with van der Waals surface area (Å²) < 4.78 is 15.9. The van der Waals surface area contributed by atoms with Crippen molar-refractivity contribution in [2.45, 2.75) is 12.7 Å². The summed E-state index contributed by atoms with van der Waals surface area (Å²) in [7, 11) is 3.14. The quantitative estimate of drug-likeness (QED) is 0.423. The average molecular weight is 318 g/mol. The van der Waals surface area contributed by atoms with Gasteiger partial charge in [-0.2, -0.15) is 0 Å². The molecule has 0 bridgehead atoms. The second kappa shape index (κ2) is 8.21. The van der Waals surface area contributed by atoms with Gasteiger partial charge in [-0.25, -0.2) is 0 Å². The molecule has 0 unspecified atom stereocenters. The van der Waals surface area contributed by atoms with Crippen LogP contribution in [-0.4, -0.2) is 30.7 Å². The fourth-order valence-corrected chi connectivity index (χ4v) is 2.03. The van der Waals surface area contributed by atoms with Crippen LogP contribution in [0.3, 0.4) is 0 Å². The molecule has 2 aromatic rings. The highest BCUT2D eigenvalue weighted by Crippen LogP contribution is 2.18. The Morgan fingerprint density at radius 2 is 1.83 bits per heavy atom. The summed E-state index contributed by atoms with van der Waals surface area (Å²) in [6.45, 7) is 0.433. The maximum absolute atomic E-state index is 10.6. The van der Waals surface area contributed by atoms with E-state index in [1.165, 1.54) is 12.1 Å². The van der Waals surface area contributed by atoms with Gasteiger partial charge in [-0.05, 0) is 18.2 Å². The van der Waals surface area contributed by atoms with Crippen molar-refractivity contribution < 1.29 is 19.1 Å². The molecule has 1 heterocycles. The molecule has 1 aromatic carbocycles. The fourth-order valence-electron chi connectivity index (χ4n) is 2.03. The van der Waals surface area contributed by atoms with Crippen molar-refractivity contribution in [2.24, 2.45) is 0 Å². The Balaban J connectivity index is 1.85. The molecule has 0 spiro atoms. The van der Waals surface area contributed by atoms with Crippen molar-refractivity contribution in [1.82, 2.24) is 4.98 Å². The number of non-ortho nitro benzene ring substituents is 1. The van der Waals surface area contributed by atoms with E-state index in [-0.39, 0.29) is 5.69 Å². The zero-order chi connectivity index (χ0) is 16.7. The minimum absolute atomic E-state index is 0.0421. The van der Waals surface area contributed by atoms with E-state index in [2.05, 4.69) is 4.98 Å². The van der Waals surface area contributed by atoms with E-state index in [4.69, 9.17) is 14.2 Å². The van der Waals surface area contributed by atoms with Gasteiger partial charge in [-0.1, -0.05) is 6.07 Å². The predicted molar refractivity (Wildman–Crippen MR) is 83.3 cm³/mol. The molecule has 2 rings (SSSR count). The Morgan fingerprint density at radius 3 is 2.35 bits per heavy atom. The van der Waals surface area contributed by atoms with Crippen LogP contribution in [0.15, 0.2) is 42.6 Å². The van der Waals surface area contributed by atoms with Gasteiger partial charge in [0.1, 0.15) is 5.75 Å². The van der Waals surface area contributed by atoms with E-state index < -0.39 is 11.2 Å². The topological polar surface area (TPSA) is 83.7 Å². The smallest absolute Gasteiger partial charge is 0.269 e. The van der Waals surface area contributed by atoms with Gasteiger partial charge in [0.2, 0.25) is 0 Å². The molecule has 0 saturated carbocycles. The average Bonchev–Trinajstić information content (AvgIpc) is 2.58. The number of nitro groups is 1. The highest BCUT2D eigenvalue weighted by molar-refractivity contribution is 5.35. The van der Waals surface area contributed by atoms with E-state index in [0.717, 1.165) is 11.3 Å². The molecule has 0 aliphatic rings. The van der Waals surface area contributed by atoms with Crippen molar-refractivity contribution >= 4 is 5.69 Å². The summed E-state index contributed by atoms with van der Waals surface area (Å²) in [5.74, 6) is 0.589. The lowest BCUT2D eigenvalue weighted by Crippen LogP contribution is -2.06. The second-order valence-electron chi connectivity index (χ2n) is 4.74. The van der Waals surface area contributed by atoms with Gasteiger partial charge >= 0.3 is 0 Å². The summed E-state index contributed by atoms with van der Waals surface area (Å²) in [6, 6.07) is 9.77. The molecule has 122 valence electrons. The lowest BCUT2D eigenvalue weighted by Gasteiger charge is -2.13. The summed E-state index contributed by atoms with van der Waals surface area (Å²) in [4.78, 5) is 14.5. The number of ether oxygens (including phenoxy) is 3. The van der Waals surface area contributed by atoms with E-state index in [0.29, 0.717) is 18.8 Å². The van der Waals surface area contributed by atoms with Gasteiger partial charge in [-0.3, -0.25) is 15.1 Å². The van der Waals surface area contributed by atoms with Crippen LogP contribution in [0.4, 0.5) is 5.69 Å². The minimum atomic E-state index is -0.442. The molecule has 7 heteroatoms. The molecule has 0 aliphatic carbocycles. The van der Waals surface area contributed by atoms with Gasteiger partial charge in [0.05, 0.1) is 11.5 Å². The molecule has 0 aliphatic heterocycles. The van der Waals surface area contributed by atoms with Crippen LogP contribution in [0.2, 0.25) is 0 Å². The zero-order valence-corrected chi connectivity index (χ0v) is 13.0. The molecule has 1 aromatic heterocycles. The lowest BCUT2D eigenvalue weighted by atomic mass is 10.2. The Hall–Kier alpha value is -2.51. The Kier molecular flexibility index (Phi) is 6.02. The largest absolute Gasteiger partial charge is 0.493 e. The number of aromatic nitrogens is 1. The van der Waals surface area contributed by atoms with Gasteiger partial charge in [0, 0.05) is 50.2 Å². The van der Waals surface area contributed by atoms with Crippen molar-refractivity contribution in [3.63, 3.8) is 0 Å². The number of pyridine rings is 1. The summed E-state index contributed by atoms with van der Waals surface area (Å²) in [6.07, 6.45) is 1.91. The minimum Gasteiger partial charge on any atom is -0.493 e. The number of nitro benzene ring substituents is 1. The lowest BCUT2D eigenvalue weighted by molar-refractivity contribution is -0.384. The molecular formula is C16H18N2O5. The van der Waals surface area contributed by atoms with Crippen LogP contribution < -0.4 is 4.74 Å². The van der Waals surface area contributed by atoms with E-state index in [1.54, 1.807) is 32.5 Å². The van der Waals surface area contributed by atoms with E-state index >= 15 is 0 Å². The van der Waals surface area contributed by atoms with E-state index in [9.17, 15) is 10.1 Å². The summed E-state index contributed by atoms with van der Waals surface area (Å²) in [5.41, 5.74) is 1.76. The van der Waals surface area contributed by atoms with Crippen molar-refractivity contribution in [3.05, 3.63) is 64.0 Å². The number of rotatable bonds is 8. The monoisotopic (exact) mass is 318 g/mol. The SMILES string of the molecule is COC(OC)c1ccc(CCOc2ccc([N+](=O)[O-])cc2)nc1. The first-order valence-electron chi connectivity index (χ1n) is 7.01. The number of hydrogen-bond donors (Lipinski definition) is 0. The first-order chi connectivity index (χ1) is 11.1. The number of hydrogen-bond acceptors (Lipinski definition) is 6. The normalized spacial score (nSPS) is 10.7. The maximum atomic E-state index is 10.6. The second-order valence-corrected chi connectivity index (χ2v) is 4.74. The van der Waals surface area contributed by atoms with Gasteiger partial charge in [-0.15, -0.1) is 0 Å². The van der Waals surface area contributed by atoms with Crippen LogP contribution >= 0.6 is 0 Å². The molecule has 23 heavy (non-hydrogen) atoms. The molecule has 0 fully saturated rings. The highest BCUT2D eigenvalue weighted by Gasteiger charge is 2.09. The molecular weight excluding hydrogens is 300 g/mol. The predicted octanol–water partition coefficient (Wildman–Crippen LogP) is 2.90. The molecule has 0 radical (unpaired) electrons. The third-order valence-electron chi connectivity index (χ3n) is 3.22. The summed E-state index contributed by atoms with van der Waals surface area (Å²) >= 11 is 0. The van der Waals surface area contributed by atoms with E-state index in [1.807, 2.05) is 12.1 Å². The third-order valence-corrected chi connectivity index (χ3v) is 3.22. The molecule has 0 saturated heterocycles. The Labute approximate surface area is 134 Å². The van der Waals surface area contributed by atoms with Gasteiger partial charge < -0.3 is 14.2 Å². The van der Waals surface area contributed by atoms with Crippen molar-refractivity contribution in [1.29, 1.82) is 0 Å². The van der Waals surface area contributed by atoms with Crippen LogP contribution in [0.1, 0.15) is 17.5 Å². The molecule has 7 nitrogen and oxygen atoms in total. The summed E-state index contributed by atoms with van der Waals surface area (Å²) in [5, 5.41) is 10.6. The van der Waals surface area contributed by atoms with Crippen LogP contribution in [0.25, 0.3) is 0 Å². The standard InChI is InChI=1S/C16H18N2O5/c1-21-16(22-2)12-3-4-13(17-11-12)9-10-23-15-7-5-14(6-8-15)18(19)20/h3-8,11,16H,9-10H2,1-2H3. The van der Waals surface area contributed by atoms with Crippen LogP contribution in [0.5, 0.6) is 5.75 Å². The van der Waals surface area contributed by atoms with Crippen LogP contribution in [0, 0.1) is 10.1 Å². The zero-order valence-electron chi connectivity index (χ0n) is 13.0. The first-order valence-corrected chi connectivity index (χ1v) is 7.01. The van der Waals surface area contributed by atoms with Gasteiger partial charge in [0.25, 0.3) is 5.69 Å². The number of nitrogens with zero attached hydrogens (tertiary/aromatic N) is 2. The van der Waals surface area contributed by atoms with Crippen molar-refractivity contribution in [2.75, 3.05) is 20.8 Å². The van der Waals surface area contributed by atoms with Crippen LogP contribution in [-0.2, 0) is 15.9 Å². The molecule has 0 amide bonds.